The average molecular weight is 392 g/mol. The minimum absolute atomic E-state index is 0.149. The monoisotopic (exact) mass is 392 g/mol. The van der Waals surface area contributed by atoms with E-state index in [-0.39, 0.29) is 12.2 Å². The van der Waals surface area contributed by atoms with E-state index in [0.29, 0.717) is 30.5 Å². The first kappa shape index (κ1) is 21.1. The van der Waals surface area contributed by atoms with Crippen LogP contribution in [0.25, 0.3) is 0 Å². The van der Waals surface area contributed by atoms with Gasteiger partial charge >= 0.3 is 0 Å². The molecule has 28 heavy (non-hydrogen) atoms. The molecule has 0 aromatic heterocycles. The van der Waals surface area contributed by atoms with E-state index in [9.17, 15) is 18.4 Å². The highest BCUT2D eigenvalue weighted by Gasteiger charge is 2.19. The van der Waals surface area contributed by atoms with Gasteiger partial charge in [0.1, 0.15) is 18.2 Å². The predicted molar refractivity (Wildman–Crippen MR) is 101 cm³/mol. The van der Waals surface area contributed by atoms with E-state index in [0.717, 1.165) is 22.6 Å². The minimum atomic E-state index is -0.909. The molecule has 0 saturated carbocycles. The summed E-state index contributed by atoms with van der Waals surface area (Å²) in [5.41, 5.74) is 0.773. The minimum Gasteiger partial charge on any atom is -0.493 e. The van der Waals surface area contributed by atoms with Gasteiger partial charge in [-0.2, -0.15) is 0 Å². The molecule has 1 N–H and O–H groups in total. The van der Waals surface area contributed by atoms with Crippen molar-refractivity contribution in [2.45, 2.75) is 13.3 Å². The maximum atomic E-state index is 13.9. The zero-order valence-corrected chi connectivity index (χ0v) is 15.9. The van der Waals surface area contributed by atoms with Gasteiger partial charge in [-0.3, -0.25) is 9.59 Å². The third-order valence-corrected chi connectivity index (χ3v) is 4.07. The van der Waals surface area contributed by atoms with Crippen molar-refractivity contribution in [1.82, 2.24) is 5.32 Å². The van der Waals surface area contributed by atoms with Crippen LogP contribution >= 0.6 is 0 Å². The van der Waals surface area contributed by atoms with E-state index >= 15 is 0 Å². The Bertz CT molecular complexity index is 858. The molecule has 0 radical (unpaired) electrons. The summed E-state index contributed by atoms with van der Waals surface area (Å²) in [4.78, 5) is 24.9. The maximum absolute atomic E-state index is 13.9. The van der Waals surface area contributed by atoms with Crippen LogP contribution in [0.1, 0.15) is 12.5 Å². The number of hydrogen-bond acceptors (Lipinski definition) is 4. The van der Waals surface area contributed by atoms with E-state index in [2.05, 4.69) is 5.32 Å². The number of benzene rings is 2. The topological polar surface area (TPSA) is 67.9 Å². The number of nitrogens with one attached hydrogen (secondary N) is 1. The van der Waals surface area contributed by atoms with Gasteiger partial charge in [-0.05, 0) is 36.2 Å². The van der Waals surface area contributed by atoms with E-state index < -0.39 is 23.4 Å². The van der Waals surface area contributed by atoms with E-state index in [1.54, 1.807) is 19.2 Å². The molecule has 0 heterocycles. The lowest BCUT2D eigenvalue weighted by atomic mass is 10.1. The Morgan fingerprint density at radius 3 is 2.36 bits per heavy atom. The van der Waals surface area contributed by atoms with Crippen LogP contribution in [0, 0.1) is 11.6 Å². The van der Waals surface area contributed by atoms with E-state index in [4.69, 9.17) is 9.47 Å². The normalized spacial score (nSPS) is 10.3. The van der Waals surface area contributed by atoms with Gasteiger partial charge in [0, 0.05) is 19.5 Å². The SMILES string of the molecule is COc1ccc(CCNC(=O)CN(C(C)=O)c2ccc(F)cc2F)cc1OC. The molecule has 0 spiro atoms. The molecule has 2 aromatic rings. The van der Waals surface area contributed by atoms with Gasteiger partial charge in [0.25, 0.3) is 0 Å². The quantitative estimate of drug-likeness (QED) is 0.750. The second-order valence-electron chi connectivity index (χ2n) is 5.99. The lowest BCUT2D eigenvalue weighted by Gasteiger charge is -2.21. The van der Waals surface area contributed by atoms with Crippen LogP contribution in [0.4, 0.5) is 14.5 Å². The number of ether oxygens (including phenoxy) is 2. The molecule has 0 saturated heterocycles. The molecule has 0 bridgehead atoms. The molecule has 0 atom stereocenters. The number of nitrogens with zero attached hydrogens (tertiary/aromatic N) is 1. The predicted octanol–water partition coefficient (Wildman–Crippen LogP) is 2.69. The fourth-order valence-corrected chi connectivity index (χ4v) is 2.65. The fourth-order valence-electron chi connectivity index (χ4n) is 2.65. The molecule has 2 amide bonds. The third-order valence-electron chi connectivity index (χ3n) is 4.07. The highest BCUT2D eigenvalue weighted by atomic mass is 19.1. The number of halogens is 2. The van der Waals surface area contributed by atoms with Crippen LogP contribution in [0.15, 0.2) is 36.4 Å². The first-order chi connectivity index (χ1) is 13.3. The van der Waals surface area contributed by atoms with Crippen molar-refractivity contribution in [2.75, 3.05) is 32.2 Å². The molecule has 0 unspecified atom stereocenters. The highest BCUT2D eigenvalue weighted by Crippen LogP contribution is 2.27. The standard InChI is InChI=1S/C20H22F2N2O4/c1-13(25)24(17-6-5-15(21)11-16(17)22)12-20(26)23-9-8-14-4-7-18(27-2)19(10-14)28-3/h4-7,10-11H,8-9,12H2,1-3H3,(H,23,26). The first-order valence-corrected chi connectivity index (χ1v) is 8.56. The summed E-state index contributed by atoms with van der Waals surface area (Å²) in [5.74, 6) is -1.47. The van der Waals surface area contributed by atoms with Crippen molar-refractivity contribution in [3.05, 3.63) is 53.6 Å². The second kappa shape index (κ2) is 9.68. The highest BCUT2D eigenvalue weighted by molar-refractivity contribution is 5.97. The molecule has 150 valence electrons. The zero-order chi connectivity index (χ0) is 20.7. The van der Waals surface area contributed by atoms with Crippen molar-refractivity contribution >= 4 is 17.5 Å². The zero-order valence-electron chi connectivity index (χ0n) is 15.9. The van der Waals surface area contributed by atoms with Crippen molar-refractivity contribution in [1.29, 1.82) is 0 Å². The Hall–Kier alpha value is -3.16. The first-order valence-electron chi connectivity index (χ1n) is 8.56. The van der Waals surface area contributed by atoms with Crippen LogP contribution < -0.4 is 19.7 Å². The number of methoxy groups -OCH3 is 2. The summed E-state index contributed by atoms with van der Waals surface area (Å²) in [6, 6.07) is 8.25. The number of amides is 2. The number of hydrogen-bond donors (Lipinski definition) is 1. The molecule has 0 aliphatic heterocycles. The van der Waals surface area contributed by atoms with Gasteiger partial charge in [-0.25, -0.2) is 8.78 Å². The molecular formula is C20H22F2N2O4. The molecule has 2 rings (SSSR count). The van der Waals surface area contributed by atoms with Gasteiger partial charge in [0.15, 0.2) is 11.5 Å². The Morgan fingerprint density at radius 2 is 1.75 bits per heavy atom. The summed E-state index contributed by atoms with van der Waals surface area (Å²) >= 11 is 0. The summed E-state index contributed by atoms with van der Waals surface area (Å²) in [6.45, 7) is 1.15. The average Bonchev–Trinajstić information content (AvgIpc) is 2.66. The molecule has 0 aliphatic rings. The largest absolute Gasteiger partial charge is 0.493 e. The second-order valence-corrected chi connectivity index (χ2v) is 5.99. The Balaban J connectivity index is 1.96. The van der Waals surface area contributed by atoms with Crippen molar-refractivity contribution < 1.29 is 27.8 Å². The fraction of sp³-hybridized carbons (Fsp3) is 0.300. The smallest absolute Gasteiger partial charge is 0.240 e. The van der Waals surface area contributed by atoms with Gasteiger partial charge in [0.2, 0.25) is 11.8 Å². The Labute approximate surface area is 162 Å². The Morgan fingerprint density at radius 1 is 1.04 bits per heavy atom. The lowest BCUT2D eigenvalue weighted by Crippen LogP contribution is -2.40. The van der Waals surface area contributed by atoms with Crippen LogP contribution in [0.2, 0.25) is 0 Å². The molecule has 6 nitrogen and oxygen atoms in total. The summed E-state index contributed by atoms with van der Waals surface area (Å²) < 4.78 is 37.4. The molecule has 0 fully saturated rings. The summed E-state index contributed by atoms with van der Waals surface area (Å²) in [6.07, 6.45) is 0.525. The van der Waals surface area contributed by atoms with Crippen LogP contribution in [0.3, 0.4) is 0 Å². The van der Waals surface area contributed by atoms with E-state index in [1.165, 1.54) is 14.0 Å². The van der Waals surface area contributed by atoms with Crippen molar-refractivity contribution in [3.8, 4) is 11.5 Å². The number of rotatable bonds is 8. The van der Waals surface area contributed by atoms with Crippen LogP contribution in [-0.2, 0) is 16.0 Å². The molecule has 8 heteroatoms. The number of anilines is 1. The third kappa shape index (κ3) is 5.42. The van der Waals surface area contributed by atoms with Crippen molar-refractivity contribution in [3.63, 3.8) is 0 Å². The number of carbonyl (C=O) groups is 2. The van der Waals surface area contributed by atoms with Crippen LogP contribution in [-0.4, -0.2) is 39.1 Å². The van der Waals surface area contributed by atoms with Gasteiger partial charge in [0.05, 0.1) is 19.9 Å². The molecule has 2 aromatic carbocycles. The number of carbonyl (C=O) groups excluding carboxylic acids is 2. The molecular weight excluding hydrogens is 370 g/mol. The van der Waals surface area contributed by atoms with E-state index in [1.807, 2.05) is 6.07 Å². The molecule has 0 aliphatic carbocycles. The van der Waals surface area contributed by atoms with Gasteiger partial charge in [-0.1, -0.05) is 6.07 Å². The van der Waals surface area contributed by atoms with Crippen molar-refractivity contribution in [2.24, 2.45) is 0 Å². The summed E-state index contributed by atoms with van der Waals surface area (Å²) in [5, 5.41) is 2.68. The summed E-state index contributed by atoms with van der Waals surface area (Å²) in [7, 11) is 3.08. The maximum Gasteiger partial charge on any atom is 0.240 e. The van der Waals surface area contributed by atoms with Gasteiger partial charge in [-0.15, -0.1) is 0 Å². The van der Waals surface area contributed by atoms with Crippen LogP contribution in [0.5, 0.6) is 11.5 Å². The Kier molecular flexibility index (Phi) is 7.31. The lowest BCUT2D eigenvalue weighted by molar-refractivity contribution is -0.123. The van der Waals surface area contributed by atoms with Gasteiger partial charge < -0.3 is 19.7 Å².